The lowest BCUT2D eigenvalue weighted by Gasteiger charge is -2.21. The van der Waals surface area contributed by atoms with Crippen LogP contribution in [0.1, 0.15) is 106 Å². The molecule has 0 spiro atoms. The number of nitrogens with zero attached hydrogens (tertiary/aromatic N) is 3. The van der Waals surface area contributed by atoms with Gasteiger partial charge in [-0.15, -0.1) is 11.8 Å². The summed E-state index contributed by atoms with van der Waals surface area (Å²) in [6.45, 7) is 6.31. The molecule has 6 rings (SSSR count). The zero-order valence-electron chi connectivity index (χ0n) is 37.8. The van der Waals surface area contributed by atoms with E-state index in [-0.39, 0.29) is 79.7 Å². The summed E-state index contributed by atoms with van der Waals surface area (Å²) in [4.78, 5) is 118. The Morgan fingerprint density at radius 2 is 1.46 bits per heavy atom. The minimum Gasteiger partial charge on any atom is -0.458 e. The number of pyridine rings is 2. The Labute approximate surface area is 389 Å². The molecule has 6 N–H and O–H groups in total. The molecule has 1 aromatic carbocycles. The van der Waals surface area contributed by atoms with Gasteiger partial charge in [0.05, 0.1) is 34.9 Å². The predicted molar refractivity (Wildman–Crippen MR) is 243 cm³/mol. The molecule has 4 atom stereocenters. The Bertz CT molecular complexity index is 2560. The number of aryl methyl sites for hydroxylation is 1. The monoisotopic (exact) mass is 946 g/mol. The van der Waals surface area contributed by atoms with Crippen molar-refractivity contribution < 1.29 is 52.6 Å². The van der Waals surface area contributed by atoms with Gasteiger partial charge in [-0.3, -0.25) is 43.3 Å². The number of benzene rings is 1. The van der Waals surface area contributed by atoms with Crippen LogP contribution in [0.2, 0.25) is 0 Å². The summed E-state index contributed by atoms with van der Waals surface area (Å²) in [7, 11) is 0. The van der Waals surface area contributed by atoms with Crippen molar-refractivity contribution in [2.75, 3.05) is 18.2 Å². The third-order valence-electron chi connectivity index (χ3n) is 11.8. The molecule has 19 nitrogen and oxygen atoms in total. The van der Waals surface area contributed by atoms with Crippen LogP contribution in [-0.4, -0.2) is 103 Å². The number of unbranched alkanes of at least 4 members (excludes halogenated alkanes) is 4. The first-order valence-corrected chi connectivity index (χ1v) is 23.4. The molecular formula is C46H55FN8O11S. The first-order valence-electron chi connectivity index (χ1n) is 22.2. The van der Waals surface area contributed by atoms with Gasteiger partial charge in [-0.05, 0) is 82.4 Å². The fourth-order valence-corrected chi connectivity index (χ4v) is 8.70. The van der Waals surface area contributed by atoms with Crippen molar-refractivity contribution in [1.82, 2.24) is 41.0 Å². The Morgan fingerprint density at radius 3 is 2.16 bits per heavy atom. The molecule has 3 aromatic rings. The third-order valence-corrected chi connectivity index (χ3v) is 12.7. The van der Waals surface area contributed by atoms with Gasteiger partial charge in [0.15, 0.2) is 6.10 Å². The summed E-state index contributed by atoms with van der Waals surface area (Å²) in [5, 5.41) is 24.5. The summed E-state index contributed by atoms with van der Waals surface area (Å²) < 4.78 is 21.2. The lowest BCUT2D eigenvalue weighted by molar-refractivity contribution is -0.157. The molecule has 358 valence electrons. The second-order valence-corrected chi connectivity index (χ2v) is 17.9. The second kappa shape index (κ2) is 22.3. The van der Waals surface area contributed by atoms with Crippen LogP contribution in [0.15, 0.2) is 35.1 Å². The molecule has 0 fully saturated rings. The largest absolute Gasteiger partial charge is 0.458 e. The van der Waals surface area contributed by atoms with Crippen LogP contribution in [0.4, 0.5) is 4.39 Å². The van der Waals surface area contributed by atoms with Crippen LogP contribution in [0, 0.1) is 12.7 Å². The lowest BCUT2D eigenvalue weighted by atomic mass is 9.97. The first-order chi connectivity index (χ1) is 31.9. The van der Waals surface area contributed by atoms with Crippen molar-refractivity contribution in [3.63, 3.8) is 0 Å². The number of hydrogen-bond donors (Lipinski definition) is 6. The number of amides is 7. The number of carbonyl (C=O) groups excluding carboxylic acids is 8. The highest BCUT2D eigenvalue weighted by atomic mass is 32.2. The number of aromatic nitrogens is 2. The minimum absolute atomic E-state index is 0.0945. The molecule has 3 aliphatic heterocycles. The van der Waals surface area contributed by atoms with Gasteiger partial charge in [0.1, 0.15) is 30.5 Å². The molecule has 0 aliphatic carbocycles. The molecule has 21 heteroatoms. The van der Waals surface area contributed by atoms with E-state index in [1.54, 1.807) is 19.1 Å². The summed E-state index contributed by atoms with van der Waals surface area (Å²) in [6, 6.07) is 1.72. The molecular weight excluding hydrogens is 892 g/mol. The zero-order valence-corrected chi connectivity index (χ0v) is 38.6. The summed E-state index contributed by atoms with van der Waals surface area (Å²) in [6.07, 6.45) is 4.96. The Kier molecular flexibility index (Phi) is 16.7. The van der Waals surface area contributed by atoms with Crippen molar-refractivity contribution >= 4 is 70.0 Å². The van der Waals surface area contributed by atoms with Crippen molar-refractivity contribution in [2.45, 2.75) is 123 Å². The van der Waals surface area contributed by atoms with Crippen LogP contribution < -0.4 is 32.1 Å². The smallest absolute Gasteiger partial charge is 0.340 e. The number of imide groups is 1. The Morgan fingerprint density at radius 1 is 0.821 bits per heavy atom. The number of cyclic esters (lactones) is 1. The van der Waals surface area contributed by atoms with Gasteiger partial charge >= 0.3 is 5.97 Å². The maximum atomic E-state index is 14.8. The lowest BCUT2D eigenvalue weighted by Crippen LogP contribution is -2.54. The van der Waals surface area contributed by atoms with Gasteiger partial charge in [-0.1, -0.05) is 12.8 Å². The quantitative estimate of drug-likeness (QED) is 0.0285. The Balaban J connectivity index is 0.856. The molecule has 7 amide bonds. The summed E-state index contributed by atoms with van der Waals surface area (Å²) in [5.74, 6) is -3.17. The minimum atomic E-state index is -1.62. The number of thioether (sulfide) groups is 1. The number of ether oxygens (including phenoxy) is 1. The van der Waals surface area contributed by atoms with Gasteiger partial charge in [0, 0.05) is 60.7 Å². The van der Waals surface area contributed by atoms with Gasteiger partial charge in [0.2, 0.25) is 29.5 Å². The molecule has 0 bridgehead atoms. The average molecular weight is 947 g/mol. The number of aliphatic hydroxyl groups is 1. The number of aliphatic hydroxyl groups excluding tert-OH is 1. The molecule has 0 unspecified atom stereocenters. The van der Waals surface area contributed by atoms with Crippen molar-refractivity contribution in [3.05, 3.63) is 74.3 Å². The molecule has 0 saturated carbocycles. The number of esters is 1. The third kappa shape index (κ3) is 12.1. The van der Waals surface area contributed by atoms with Crippen molar-refractivity contribution in [1.29, 1.82) is 0 Å². The highest BCUT2D eigenvalue weighted by Crippen LogP contribution is 2.38. The van der Waals surface area contributed by atoms with Crippen LogP contribution in [0.5, 0.6) is 0 Å². The predicted octanol–water partition coefficient (Wildman–Crippen LogP) is 1.95. The fraction of sp³-hybridized carbons (Fsp3) is 0.478. The summed E-state index contributed by atoms with van der Waals surface area (Å²) in [5.41, 5.74) is 2.74. The highest BCUT2D eigenvalue weighted by Gasteiger charge is 2.35. The van der Waals surface area contributed by atoms with E-state index in [4.69, 9.17) is 9.72 Å². The van der Waals surface area contributed by atoms with E-state index in [9.17, 15) is 52.6 Å². The van der Waals surface area contributed by atoms with E-state index in [1.165, 1.54) is 55.3 Å². The van der Waals surface area contributed by atoms with Gasteiger partial charge in [-0.2, -0.15) is 0 Å². The van der Waals surface area contributed by atoms with Crippen LogP contribution >= 0.6 is 11.8 Å². The van der Waals surface area contributed by atoms with Crippen LogP contribution in [-0.2, 0) is 62.8 Å². The molecule has 2 aromatic heterocycles. The van der Waals surface area contributed by atoms with Gasteiger partial charge in [0.25, 0.3) is 17.4 Å². The normalized spacial score (nSPS) is 16.1. The van der Waals surface area contributed by atoms with E-state index >= 15 is 0 Å². The first kappa shape index (κ1) is 49.9. The molecule has 0 radical (unpaired) electrons. The van der Waals surface area contributed by atoms with Crippen LogP contribution in [0.3, 0.4) is 0 Å². The number of nitrogens with one attached hydrogen (secondary N) is 5. The number of rotatable bonds is 22. The van der Waals surface area contributed by atoms with Crippen molar-refractivity contribution in [3.8, 4) is 11.4 Å². The SMILES string of the molecule is Cc1cc2c(CNC(=O)CCCCCSCNC(=O)[C@H](C)NC(=O)[C@H](C)NC(=O)[C@H](C)NC(=O)CCCCCN3C(=O)C=CC3=O)c3c(nc2cc1F)-c1cc2c(c(=O)n1C3)COC(=O)[C@H]2O. The molecule has 3 aliphatic rings. The fourth-order valence-electron chi connectivity index (χ4n) is 7.90. The maximum Gasteiger partial charge on any atom is 0.340 e. The number of carbonyl (C=O) groups is 8. The average Bonchev–Trinajstić information content (AvgIpc) is 3.82. The summed E-state index contributed by atoms with van der Waals surface area (Å²) >= 11 is 1.48. The molecule has 5 heterocycles. The number of fused-ring (bicyclic) bond motifs is 5. The number of hydrogen-bond acceptors (Lipinski definition) is 13. The standard InChI is InChI=1S/C46H55FN8O11S/c1-24-17-28-30(31-21-55-35(40(31)53-34(28)19-33(24)47)18-29-32(45(55)64)22-66-46(65)41(29)60)20-48-36(56)11-8-6-10-16-67-23-49-42(61)25(2)51-44(63)27(4)52-43(62)26(3)50-37(57)12-7-5-9-15-54-38(58)13-14-39(54)59/h13-14,17-19,25-27,41,60H,5-12,15-16,20-23H2,1-4H3,(H,48,56)(H,49,61)(H,50,57)(H,51,63)(H,52,62)/t25-,26-,27-,41-/m0/s1. The highest BCUT2D eigenvalue weighted by molar-refractivity contribution is 7.99. The van der Waals surface area contributed by atoms with Gasteiger partial charge < -0.3 is 41.0 Å². The van der Waals surface area contributed by atoms with E-state index < -0.39 is 59.3 Å². The van der Waals surface area contributed by atoms with E-state index in [2.05, 4.69) is 26.6 Å². The van der Waals surface area contributed by atoms with Crippen molar-refractivity contribution in [2.24, 2.45) is 0 Å². The maximum absolute atomic E-state index is 14.8. The molecule has 67 heavy (non-hydrogen) atoms. The Hall–Kier alpha value is -6.48. The van der Waals surface area contributed by atoms with Gasteiger partial charge in [-0.25, -0.2) is 14.2 Å². The van der Waals surface area contributed by atoms with Crippen LogP contribution in [0.25, 0.3) is 22.3 Å². The van der Waals surface area contributed by atoms with E-state index in [0.29, 0.717) is 70.4 Å². The van der Waals surface area contributed by atoms with E-state index in [1.807, 2.05) is 0 Å². The van der Waals surface area contributed by atoms with E-state index in [0.717, 1.165) is 17.7 Å². The topological polar surface area (TPSA) is 264 Å². The molecule has 0 saturated heterocycles. The second-order valence-electron chi connectivity index (χ2n) is 16.8. The number of halogens is 1. The zero-order chi connectivity index (χ0) is 48.5.